The Morgan fingerprint density at radius 2 is 2.29 bits per heavy atom. The van der Waals surface area contributed by atoms with Crippen molar-refractivity contribution in [3.63, 3.8) is 0 Å². The molecule has 1 atom stereocenters. The smallest absolute Gasteiger partial charge is 0.233 e. The van der Waals surface area contributed by atoms with Gasteiger partial charge in [-0.2, -0.15) is 0 Å². The number of nitrogens with one attached hydrogen (secondary N) is 1. The summed E-state index contributed by atoms with van der Waals surface area (Å²) in [6.07, 6.45) is 5.65. The van der Waals surface area contributed by atoms with Crippen molar-refractivity contribution in [2.45, 2.75) is 43.8 Å². The summed E-state index contributed by atoms with van der Waals surface area (Å²) in [7, 11) is 0. The predicted octanol–water partition coefficient (Wildman–Crippen LogP) is 1.30. The van der Waals surface area contributed by atoms with Crippen molar-refractivity contribution < 1.29 is 10.0 Å². The first-order chi connectivity index (χ1) is 8.24. The number of nitrogens with zero attached hydrogens (tertiary/aromatic N) is 1. The molecule has 0 aliphatic carbocycles. The Labute approximate surface area is 106 Å². The Balaban J connectivity index is 2.03. The van der Waals surface area contributed by atoms with Crippen LogP contribution in [-0.4, -0.2) is 34.5 Å². The van der Waals surface area contributed by atoms with E-state index in [0.717, 1.165) is 31.4 Å². The normalized spacial score (nSPS) is 21.2. The van der Waals surface area contributed by atoms with Crippen LogP contribution >= 0.6 is 11.8 Å². The molecule has 0 aromatic carbocycles. The third kappa shape index (κ3) is 5.81. The number of amidine groups is 1. The Bertz CT molecular complexity index is 265. The van der Waals surface area contributed by atoms with Gasteiger partial charge in [0.2, 0.25) is 5.91 Å². The Morgan fingerprint density at radius 1 is 1.47 bits per heavy atom. The van der Waals surface area contributed by atoms with Crippen LogP contribution in [0, 0.1) is 0 Å². The predicted molar refractivity (Wildman–Crippen MR) is 70.4 cm³/mol. The average molecular weight is 259 g/mol. The molecule has 6 heteroatoms. The third-order valence-corrected chi connectivity index (χ3v) is 4.14. The van der Waals surface area contributed by atoms with Crippen molar-refractivity contribution >= 4 is 23.5 Å². The molecule has 0 radical (unpaired) electrons. The van der Waals surface area contributed by atoms with E-state index in [4.69, 9.17) is 10.9 Å². The molecule has 0 aromatic heterocycles. The maximum Gasteiger partial charge on any atom is 0.233 e. The lowest BCUT2D eigenvalue weighted by Crippen LogP contribution is -2.34. The highest BCUT2D eigenvalue weighted by Crippen LogP contribution is 2.24. The summed E-state index contributed by atoms with van der Waals surface area (Å²) in [4.78, 5) is 11.7. The van der Waals surface area contributed by atoms with Gasteiger partial charge in [-0.15, -0.1) is 11.8 Å². The van der Waals surface area contributed by atoms with Crippen LogP contribution in [0.3, 0.4) is 0 Å². The van der Waals surface area contributed by atoms with Gasteiger partial charge in [0.15, 0.2) is 0 Å². The molecule has 1 saturated heterocycles. The number of amides is 1. The summed E-state index contributed by atoms with van der Waals surface area (Å²) in [6.45, 7) is 0.675. The van der Waals surface area contributed by atoms with Crippen LogP contribution in [-0.2, 0) is 4.79 Å². The monoisotopic (exact) mass is 259 g/mol. The molecule has 17 heavy (non-hydrogen) atoms. The number of oxime groups is 1. The topological polar surface area (TPSA) is 87.7 Å². The third-order valence-electron chi connectivity index (χ3n) is 2.76. The zero-order chi connectivity index (χ0) is 12.5. The summed E-state index contributed by atoms with van der Waals surface area (Å²) in [5.74, 6) is 1.51. The van der Waals surface area contributed by atoms with Crippen molar-refractivity contribution in [2.24, 2.45) is 10.9 Å². The Morgan fingerprint density at radius 3 is 2.94 bits per heavy atom. The van der Waals surface area contributed by atoms with Crippen LogP contribution in [0.4, 0.5) is 0 Å². The molecule has 98 valence electrons. The van der Waals surface area contributed by atoms with E-state index in [9.17, 15) is 4.79 Å². The number of unbranched alkanes of at least 4 members (excludes halogenated alkanes) is 1. The van der Waals surface area contributed by atoms with Crippen LogP contribution in [0.5, 0.6) is 0 Å². The number of carbonyl (C=O) groups is 1. The first kappa shape index (κ1) is 14.2. The van der Waals surface area contributed by atoms with E-state index in [1.54, 1.807) is 11.8 Å². The van der Waals surface area contributed by atoms with E-state index in [2.05, 4.69) is 10.5 Å². The molecule has 4 N–H and O–H groups in total. The minimum atomic E-state index is 0.146. The van der Waals surface area contributed by atoms with E-state index in [1.165, 1.54) is 6.42 Å². The zero-order valence-corrected chi connectivity index (χ0v) is 10.8. The van der Waals surface area contributed by atoms with Crippen LogP contribution in [0.15, 0.2) is 5.16 Å². The largest absolute Gasteiger partial charge is 0.409 e. The number of carbonyl (C=O) groups excluding carboxylic acids is 1. The molecule has 0 bridgehead atoms. The lowest BCUT2D eigenvalue weighted by atomic mass is 10.1. The van der Waals surface area contributed by atoms with Gasteiger partial charge in [-0.1, -0.05) is 11.6 Å². The van der Waals surface area contributed by atoms with Crippen molar-refractivity contribution in [1.82, 2.24) is 5.32 Å². The number of rotatable bonds is 6. The van der Waals surface area contributed by atoms with Gasteiger partial charge in [0.05, 0.1) is 5.25 Å². The Hall–Kier alpha value is -0.910. The molecule has 0 aromatic rings. The maximum absolute atomic E-state index is 11.7. The first-order valence-corrected chi connectivity index (χ1v) is 7.14. The van der Waals surface area contributed by atoms with Crippen LogP contribution in [0.2, 0.25) is 0 Å². The summed E-state index contributed by atoms with van der Waals surface area (Å²) in [5, 5.41) is 14.3. The molecule has 1 aliphatic rings. The van der Waals surface area contributed by atoms with Gasteiger partial charge < -0.3 is 16.3 Å². The fourth-order valence-corrected chi connectivity index (χ4v) is 2.98. The summed E-state index contributed by atoms with van der Waals surface area (Å²) in [6, 6.07) is 0. The van der Waals surface area contributed by atoms with Crippen molar-refractivity contribution in [3.8, 4) is 0 Å². The second kappa shape index (κ2) is 8.22. The molecular weight excluding hydrogens is 238 g/mol. The molecule has 1 aliphatic heterocycles. The first-order valence-electron chi connectivity index (χ1n) is 6.09. The molecule has 0 saturated carbocycles. The molecule has 1 amide bonds. The molecule has 5 nitrogen and oxygen atoms in total. The maximum atomic E-state index is 11.7. The van der Waals surface area contributed by atoms with Gasteiger partial charge in [0.25, 0.3) is 0 Å². The second-order valence-corrected chi connectivity index (χ2v) is 5.51. The lowest BCUT2D eigenvalue weighted by molar-refractivity contribution is -0.120. The number of thioether (sulfide) groups is 1. The summed E-state index contributed by atoms with van der Waals surface area (Å²) < 4.78 is 0. The highest BCUT2D eigenvalue weighted by molar-refractivity contribution is 8.00. The highest BCUT2D eigenvalue weighted by Gasteiger charge is 2.20. The molecule has 1 unspecified atom stereocenters. The summed E-state index contributed by atoms with van der Waals surface area (Å²) >= 11 is 1.76. The molecule has 1 fully saturated rings. The van der Waals surface area contributed by atoms with Crippen LogP contribution in [0.25, 0.3) is 0 Å². The van der Waals surface area contributed by atoms with Gasteiger partial charge in [0, 0.05) is 13.0 Å². The number of hydrogen-bond acceptors (Lipinski definition) is 4. The SMILES string of the molecule is NC(CCCCNC(=O)C1CCCCS1)=NO. The van der Waals surface area contributed by atoms with E-state index >= 15 is 0 Å². The minimum absolute atomic E-state index is 0.146. The second-order valence-electron chi connectivity index (χ2n) is 4.19. The molecule has 1 rings (SSSR count). The molecule has 0 spiro atoms. The standard InChI is InChI=1S/C11H21N3O2S/c12-10(14-16)6-1-3-7-13-11(15)9-5-2-4-8-17-9/h9,16H,1-8H2,(H2,12,14)(H,13,15). The van der Waals surface area contributed by atoms with Gasteiger partial charge in [0.1, 0.15) is 5.84 Å². The van der Waals surface area contributed by atoms with E-state index < -0.39 is 0 Å². The van der Waals surface area contributed by atoms with E-state index in [-0.39, 0.29) is 17.0 Å². The van der Waals surface area contributed by atoms with Crippen LogP contribution < -0.4 is 11.1 Å². The fraction of sp³-hybridized carbons (Fsp3) is 0.818. The minimum Gasteiger partial charge on any atom is -0.409 e. The van der Waals surface area contributed by atoms with Crippen LogP contribution in [0.1, 0.15) is 38.5 Å². The van der Waals surface area contributed by atoms with Gasteiger partial charge in [-0.3, -0.25) is 4.79 Å². The number of nitrogens with two attached hydrogens (primary N) is 1. The highest BCUT2D eigenvalue weighted by atomic mass is 32.2. The quantitative estimate of drug-likeness (QED) is 0.221. The van der Waals surface area contributed by atoms with E-state index in [1.807, 2.05) is 0 Å². The van der Waals surface area contributed by atoms with Gasteiger partial charge in [-0.25, -0.2) is 0 Å². The van der Waals surface area contributed by atoms with Gasteiger partial charge in [-0.05, 0) is 31.4 Å². The Kier molecular flexibility index (Phi) is 6.84. The van der Waals surface area contributed by atoms with Crippen molar-refractivity contribution in [1.29, 1.82) is 0 Å². The lowest BCUT2D eigenvalue weighted by Gasteiger charge is -2.20. The van der Waals surface area contributed by atoms with Gasteiger partial charge >= 0.3 is 0 Å². The average Bonchev–Trinajstić information content (AvgIpc) is 2.38. The molecular formula is C11H21N3O2S. The van der Waals surface area contributed by atoms with Crippen molar-refractivity contribution in [2.75, 3.05) is 12.3 Å². The zero-order valence-electron chi connectivity index (χ0n) is 10.0. The number of hydrogen-bond donors (Lipinski definition) is 3. The summed E-state index contributed by atoms with van der Waals surface area (Å²) in [5.41, 5.74) is 5.34. The van der Waals surface area contributed by atoms with E-state index in [0.29, 0.717) is 13.0 Å². The fourth-order valence-electron chi connectivity index (χ4n) is 1.75. The van der Waals surface area contributed by atoms with Crippen molar-refractivity contribution in [3.05, 3.63) is 0 Å². The molecule has 1 heterocycles.